The minimum atomic E-state index is -0.191. The van der Waals surface area contributed by atoms with Crippen molar-refractivity contribution in [1.29, 1.82) is 0 Å². The fourth-order valence-electron chi connectivity index (χ4n) is 16.6. The molecular formula is C53H28O. The van der Waals surface area contributed by atoms with Crippen LogP contribution < -0.4 is 5.22 Å². The molecule has 12 aromatic rings. The number of carbonyl (C=O) groups excluding carboxylic acids is 1. The Labute approximate surface area is 307 Å². The number of aryl methyl sites for hydroxylation is 1. The lowest BCUT2D eigenvalue weighted by molar-refractivity contribution is -0.118. The Kier molecular flexibility index (Phi) is 3.21. The lowest BCUT2D eigenvalue weighted by atomic mass is 9.67. The summed E-state index contributed by atoms with van der Waals surface area (Å²) in [6.45, 7) is 2.04. The van der Waals surface area contributed by atoms with Crippen LogP contribution in [0.5, 0.6) is 0 Å². The lowest BCUT2D eigenvalue weighted by Crippen LogP contribution is -2.34. The van der Waals surface area contributed by atoms with E-state index < -0.39 is 0 Å². The van der Waals surface area contributed by atoms with E-state index in [9.17, 15) is 4.79 Å². The predicted octanol–water partition coefficient (Wildman–Crippen LogP) is 12.0. The van der Waals surface area contributed by atoms with E-state index in [-0.39, 0.29) is 16.2 Å². The highest BCUT2D eigenvalue weighted by atomic mass is 16.1. The number of allylic oxidation sites excluding steroid dienone is 3. The van der Waals surface area contributed by atoms with Crippen molar-refractivity contribution in [2.45, 2.75) is 61.7 Å². The summed E-state index contributed by atoms with van der Waals surface area (Å²) in [6, 6.07) is 26.8. The van der Waals surface area contributed by atoms with Gasteiger partial charge in [-0.15, -0.1) is 0 Å². The van der Waals surface area contributed by atoms with E-state index in [2.05, 4.69) is 78.9 Å². The molecule has 1 nitrogen and oxygen atoms in total. The minimum Gasteiger partial charge on any atom is -0.300 e. The van der Waals surface area contributed by atoms with Crippen LogP contribution in [0.4, 0.5) is 0 Å². The molecular weight excluding hydrogens is 653 g/mol. The fourth-order valence-corrected chi connectivity index (χ4v) is 16.6. The van der Waals surface area contributed by atoms with Gasteiger partial charge in [-0.25, -0.2) is 0 Å². The van der Waals surface area contributed by atoms with Crippen molar-refractivity contribution in [3.05, 3.63) is 117 Å². The number of hydrogen-bond acceptors (Lipinski definition) is 1. The fraction of sp³-hybridized carbons (Fsp3) is 0.189. The molecule has 0 saturated heterocycles. The lowest BCUT2D eigenvalue weighted by Gasteiger charge is -2.35. The number of hydrogen-bond donors (Lipinski definition) is 0. The number of benzene rings is 7. The molecule has 1 saturated carbocycles. The number of Topliss-reactive ketones (excluding diaryl/α,β-unsaturated/α-hetero) is 1. The zero-order valence-corrected chi connectivity index (χ0v) is 29.7. The maximum atomic E-state index is 13.2. The van der Waals surface area contributed by atoms with E-state index in [0.717, 1.165) is 25.7 Å². The largest absolute Gasteiger partial charge is 0.300 e. The maximum Gasteiger partial charge on any atom is 0.132 e. The molecule has 6 aliphatic carbocycles. The smallest absolute Gasteiger partial charge is 0.132 e. The van der Waals surface area contributed by atoms with E-state index in [4.69, 9.17) is 0 Å². The Morgan fingerprint density at radius 1 is 0.574 bits per heavy atom. The molecule has 54 heavy (non-hydrogen) atoms. The molecule has 0 N–H and O–H groups in total. The van der Waals surface area contributed by atoms with Crippen LogP contribution in [0.15, 0.2) is 84.0 Å². The van der Waals surface area contributed by atoms with Gasteiger partial charge in [-0.1, -0.05) is 85.8 Å². The monoisotopic (exact) mass is 680 g/mol. The van der Waals surface area contributed by atoms with Crippen LogP contribution in [0.25, 0.3) is 119 Å². The van der Waals surface area contributed by atoms with Gasteiger partial charge in [0.05, 0.1) is 0 Å². The summed E-state index contributed by atoms with van der Waals surface area (Å²) in [5.74, 6) is 0.400. The quantitative estimate of drug-likeness (QED) is 0.160. The van der Waals surface area contributed by atoms with Crippen molar-refractivity contribution in [2.24, 2.45) is 0 Å². The first-order valence-electron chi connectivity index (χ1n) is 20.5. The molecule has 18 rings (SSSR count). The van der Waals surface area contributed by atoms with E-state index in [1.54, 1.807) is 92.5 Å². The number of ketones is 1. The molecule has 3 unspecified atom stereocenters. The third-order valence-corrected chi connectivity index (χ3v) is 17.5. The number of rotatable bonds is 6. The number of carbonyl (C=O) groups is 1. The molecule has 0 amide bonds. The second kappa shape index (κ2) is 6.86. The van der Waals surface area contributed by atoms with Crippen LogP contribution in [-0.4, -0.2) is 5.78 Å². The minimum absolute atomic E-state index is 0.177. The van der Waals surface area contributed by atoms with E-state index in [1.807, 2.05) is 6.92 Å². The molecule has 1 heteroatoms. The van der Waals surface area contributed by atoms with Gasteiger partial charge in [0.25, 0.3) is 0 Å². The highest BCUT2D eigenvalue weighted by Crippen LogP contribution is 2.95. The van der Waals surface area contributed by atoms with Crippen LogP contribution in [0.1, 0.15) is 66.8 Å². The molecule has 0 bridgehead atoms. The zero-order chi connectivity index (χ0) is 34.3. The third-order valence-electron chi connectivity index (χ3n) is 17.5. The first-order chi connectivity index (χ1) is 26.7. The van der Waals surface area contributed by atoms with Gasteiger partial charge in [-0.3, -0.25) is 4.79 Å². The summed E-state index contributed by atoms with van der Waals surface area (Å²) in [6.07, 6.45) is 10.7. The van der Waals surface area contributed by atoms with E-state index in [0.29, 0.717) is 18.6 Å². The molecule has 246 valence electrons. The Morgan fingerprint density at radius 3 is 1.87 bits per heavy atom. The Balaban J connectivity index is 1.24. The second-order valence-corrected chi connectivity index (χ2v) is 18.4. The van der Waals surface area contributed by atoms with Gasteiger partial charge in [0.1, 0.15) is 5.78 Å². The topological polar surface area (TPSA) is 17.1 Å². The van der Waals surface area contributed by atoms with Gasteiger partial charge < -0.3 is 0 Å². The highest BCUT2D eigenvalue weighted by Gasteiger charge is 2.94. The van der Waals surface area contributed by atoms with Crippen LogP contribution in [0, 0.1) is 0 Å². The van der Waals surface area contributed by atoms with Gasteiger partial charge >= 0.3 is 0 Å². The summed E-state index contributed by atoms with van der Waals surface area (Å²) in [5.41, 5.74) is 12.4. The van der Waals surface area contributed by atoms with Gasteiger partial charge in [-0.05, 0) is 183 Å². The summed E-state index contributed by atoms with van der Waals surface area (Å²) in [5, 5.41) is 32.3. The van der Waals surface area contributed by atoms with Crippen molar-refractivity contribution >= 4 is 125 Å². The normalized spacial score (nSPS) is 25.8. The summed E-state index contributed by atoms with van der Waals surface area (Å²) in [4.78, 5) is 13.2. The molecule has 2 spiro atoms. The Bertz CT molecular complexity index is 4020. The van der Waals surface area contributed by atoms with Crippen molar-refractivity contribution in [2.75, 3.05) is 0 Å². The van der Waals surface area contributed by atoms with Crippen LogP contribution in [-0.2, 0) is 27.5 Å². The summed E-state index contributed by atoms with van der Waals surface area (Å²) in [7, 11) is 0. The third kappa shape index (κ3) is 1.77. The van der Waals surface area contributed by atoms with Crippen LogP contribution in [0.3, 0.4) is 0 Å². The van der Waals surface area contributed by atoms with Gasteiger partial charge in [0.15, 0.2) is 0 Å². The number of fused-ring (bicyclic) bond motifs is 4. The highest BCUT2D eigenvalue weighted by molar-refractivity contribution is 6.62. The van der Waals surface area contributed by atoms with E-state index >= 15 is 0 Å². The summed E-state index contributed by atoms with van der Waals surface area (Å²) >= 11 is 0. The van der Waals surface area contributed by atoms with E-state index in [1.165, 1.54) is 65.0 Å². The Hall–Kier alpha value is -5.79. The standard InChI is InChI=1S/C53H28O/c1-2-22(54)9-6-20-51(21-7-4-3-5-8-21)52-32-19-18-30-29-15-14-26-25-11-10-23-24-12-13-27-28-16-17-31(32)49-39(28)42-36(27)35(24)40-33(23)34(25)41-37(26)38(29)45(48(30)52)47-44(41)43(40)46(42)50(47)53(49,51)52/h3-5,7-8,10-15,18-19H,2,6,9,16-17,20H2,1H3. The first-order valence-corrected chi connectivity index (χ1v) is 20.5. The second-order valence-electron chi connectivity index (χ2n) is 18.4. The van der Waals surface area contributed by atoms with Crippen molar-refractivity contribution in [3.8, 4) is 0 Å². The molecule has 0 aromatic heterocycles. The van der Waals surface area contributed by atoms with Crippen LogP contribution in [0.2, 0.25) is 0 Å². The average Bonchev–Trinajstić information content (AvgIpc) is 3.89. The van der Waals surface area contributed by atoms with Gasteiger partial charge in [0.2, 0.25) is 0 Å². The molecule has 1 fully saturated rings. The Morgan fingerprint density at radius 2 is 1.17 bits per heavy atom. The molecule has 0 aliphatic heterocycles. The predicted molar refractivity (Wildman–Crippen MR) is 223 cm³/mol. The van der Waals surface area contributed by atoms with Crippen molar-refractivity contribution < 1.29 is 4.79 Å². The molecule has 12 aromatic carbocycles. The first kappa shape index (κ1) is 25.3. The average molecular weight is 681 g/mol. The molecule has 0 radical (unpaired) electrons. The van der Waals surface area contributed by atoms with Gasteiger partial charge in [-0.2, -0.15) is 0 Å². The van der Waals surface area contributed by atoms with Crippen LogP contribution >= 0.6 is 0 Å². The van der Waals surface area contributed by atoms with Gasteiger partial charge in [0, 0.05) is 29.1 Å². The zero-order valence-electron chi connectivity index (χ0n) is 29.7. The SMILES string of the molecule is CCC(=O)CCCC1(c2ccccc2)C23C4=C5CCc6c7c8c9c(c%10c%11c2c(c2ccc%12c%13ccc%14c%15ccc6c8c%15c6c%14c%13c(c%12c2%11)c%10c96)C=C4)C13C=75. The summed E-state index contributed by atoms with van der Waals surface area (Å²) < 4.78 is 0. The molecule has 3 atom stereocenters. The molecule has 0 heterocycles. The molecule has 6 aliphatic rings. The van der Waals surface area contributed by atoms with Crippen molar-refractivity contribution in [1.82, 2.24) is 0 Å². The maximum absolute atomic E-state index is 13.2. The van der Waals surface area contributed by atoms with Crippen molar-refractivity contribution in [3.63, 3.8) is 0 Å².